The zero-order valence-electron chi connectivity index (χ0n) is 12.6. The van der Waals surface area contributed by atoms with Crippen molar-refractivity contribution in [3.8, 4) is 5.75 Å². The van der Waals surface area contributed by atoms with E-state index in [1.165, 1.54) is 11.1 Å². The molecule has 2 rings (SSSR count). The van der Waals surface area contributed by atoms with Gasteiger partial charge in [0.05, 0.1) is 12.5 Å². The number of ether oxygens (including phenoxy) is 1. The molecule has 2 aromatic carbocycles. The van der Waals surface area contributed by atoms with Crippen LogP contribution in [0.25, 0.3) is 0 Å². The standard InChI is InChI=1S/C18H22ClNO/c1-14(16-9-6-10-18(12-16)21-2)20-13-17(19)11-15-7-4-3-5-8-15/h3-10,12,14,17,20H,11,13H2,1-2H3/t14-,17?/m1/s1. The van der Waals surface area contributed by atoms with E-state index in [1.807, 2.05) is 30.3 Å². The van der Waals surface area contributed by atoms with Gasteiger partial charge in [-0.05, 0) is 36.6 Å². The van der Waals surface area contributed by atoms with Gasteiger partial charge in [0.25, 0.3) is 0 Å². The van der Waals surface area contributed by atoms with Crippen molar-refractivity contribution in [2.45, 2.75) is 24.8 Å². The number of halogens is 1. The Bertz CT molecular complexity index is 544. The minimum atomic E-state index is 0.0838. The molecule has 0 fully saturated rings. The number of hydrogen-bond donors (Lipinski definition) is 1. The van der Waals surface area contributed by atoms with Crippen LogP contribution in [0.2, 0.25) is 0 Å². The Morgan fingerprint density at radius 3 is 2.57 bits per heavy atom. The monoisotopic (exact) mass is 303 g/mol. The number of alkyl halides is 1. The van der Waals surface area contributed by atoms with Crippen LogP contribution in [0, 0.1) is 0 Å². The first kappa shape index (κ1) is 15.9. The molecule has 112 valence electrons. The van der Waals surface area contributed by atoms with Crippen LogP contribution in [0.4, 0.5) is 0 Å². The van der Waals surface area contributed by atoms with E-state index in [9.17, 15) is 0 Å². The summed E-state index contributed by atoms with van der Waals surface area (Å²) in [4.78, 5) is 0. The maximum Gasteiger partial charge on any atom is 0.119 e. The van der Waals surface area contributed by atoms with E-state index in [0.29, 0.717) is 0 Å². The summed E-state index contributed by atoms with van der Waals surface area (Å²) in [6.45, 7) is 2.91. The van der Waals surface area contributed by atoms with E-state index < -0.39 is 0 Å². The van der Waals surface area contributed by atoms with Crippen molar-refractivity contribution in [3.05, 3.63) is 65.7 Å². The molecule has 0 heterocycles. The average Bonchev–Trinajstić information content (AvgIpc) is 2.53. The van der Waals surface area contributed by atoms with Gasteiger partial charge in [-0.3, -0.25) is 0 Å². The smallest absolute Gasteiger partial charge is 0.119 e. The Morgan fingerprint density at radius 2 is 1.86 bits per heavy atom. The van der Waals surface area contributed by atoms with Crippen molar-refractivity contribution in [1.82, 2.24) is 5.32 Å². The van der Waals surface area contributed by atoms with E-state index >= 15 is 0 Å². The largest absolute Gasteiger partial charge is 0.497 e. The SMILES string of the molecule is COc1cccc([C@@H](C)NCC(Cl)Cc2ccccc2)c1. The predicted octanol–water partition coefficient (Wildman–Crippen LogP) is 4.20. The Morgan fingerprint density at radius 1 is 1.10 bits per heavy atom. The number of methoxy groups -OCH3 is 1. The first-order valence-electron chi connectivity index (χ1n) is 7.24. The highest BCUT2D eigenvalue weighted by molar-refractivity contribution is 6.20. The van der Waals surface area contributed by atoms with Gasteiger partial charge >= 0.3 is 0 Å². The molecule has 0 spiro atoms. The van der Waals surface area contributed by atoms with E-state index in [0.717, 1.165) is 18.7 Å². The van der Waals surface area contributed by atoms with Gasteiger partial charge in [-0.1, -0.05) is 42.5 Å². The molecule has 21 heavy (non-hydrogen) atoms. The molecule has 3 heteroatoms. The molecule has 1 N–H and O–H groups in total. The maximum atomic E-state index is 6.42. The third kappa shape index (κ3) is 5.07. The van der Waals surface area contributed by atoms with Crippen LogP contribution >= 0.6 is 11.6 Å². The fourth-order valence-corrected chi connectivity index (χ4v) is 2.54. The molecule has 0 aliphatic rings. The molecule has 0 amide bonds. The van der Waals surface area contributed by atoms with Crippen molar-refractivity contribution < 1.29 is 4.74 Å². The van der Waals surface area contributed by atoms with Crippen molar-refractivity contribution in [2.24, 2.45) is 0 Å². The van der Waals surface area contributed by atoms with Gasteiger partial charge in [0.2, 0.25) is 0 Å². The minimum absolute atomic E-state index is 0.0838. The number of hydrogen-bond acceptors (Lipinski definition) is 2. The molecule has 0 aliphatic heterocycles. The minimum Gasteiger partial charge on any atom is -0.497 e. The molecular weight excluding hydrogens is 282 g/mol. The quantitative estimate of drug-likeness (QED) is 0.774. The van der Waals surface area contributed by atoms with Gasteiger partial charge in [-0.15, -0.1) is 11.6 Å². The fraction of sp³-hybridized carbons (Fsp3) is 0.333. The highest BCUT2D eigenvalue weighted by atomic mass is 35.5. The molecule has 0 bridgehead atoms. The first-order chi connectivity index (χ1) is 10.2. The van der Waals surface area contributed by atoms with Crippen LogP contribution in [-0.4, -0.2) is 19.0 Å². The summed E-state index contributed by atoms with van der Waals surface area (Å²) < 4.78 is 5.26. The van der Waals surface area contributed by atoms with E-state index in [1.54, 1.807) is 7.11 Å². The second kappa shape index (κ2) is 8.06. The van der Waals surface area contributed by atoms with Crippen molar-refractivity contribution in [3.63, 3.8) is 0 Å². The molecule has 0 aliphatic carbocycles. The van der Waals surface area contributed by atoms with Crippen LogP contribution in [0.15, 0.2) is 54.6 Å². The van der Waals surface area contributed by atoms with Crippen LogP contribution < -0.4 is 10.1 Å². The molecule has 0 saturated carbocycles. The lowest BCUT2D eigenvalue weighted by molar-refractivity contribution is 0.413. The Labute approximate surface area is 132 Å². The summed E-state index contributed by atoms with van der Waals surface area (Å²) in [7, 11) is 1.69. The fourth-order valence-electron chi connectivity index (χ4n) is 2.28. The third-order valence-corrected chi connectivity index (χ3v) is 3.85. The second-order valence-electron chi connectivity index (χ2n) is 5.19. The van der Waals surface area contributed by atoms with E-state index in [-0.39, 0.29) is 11.4 Å². The summed E-state index contributed by atoms with van der Waals surface area (Å²) in [5, 5.41) is 3.57. The number of nitrogens with one attached hydrogen (secondary N) is 1. The summed E-state index contributed by atoms with van der Waals surface area (Å²) in [5.74, 6) is 0.882. The molecular formula is C18H22ClNO. The Hall–Kier alpha value is -1.51. The molecule has 2 aromatic rings. The zero-order chi connectivity index (χ0) is 15.1. The van der Waals surface area contributed by atoms with Crippen molar-refractivity contribution in [2.75, 3.05) is 13.7 Å². The summed E-state index contributed by atoms with van der Waals surface area (Å²) in [6.07, 6.45) is 0.875. The van der Waals surface area contributed by atoms with Crippen LogP contribution in [-0.2, 0) is 6.42 Å². The van der Waals surface area contributed by atoms with Crippen molar-refractivity contribution >= 4 is 11.6 Å². The van der Waals surface area contributed by atoms with Gasteiger partial charge in [0.1, 0.15) is 5.75 Å². The maximum absolute atomic E-state index is 6.42. The van der Waals surface area contributed by atoms with E-state index in [2.05, 4.69) is 36.5 Å². The summed E-state index contributed by atoms with van der Waals surface area (Å²) in [5.41, 5.74) is 2.48. The molecule has 0 saturated heterocycles. The zero-order valence-corrected chi connectivity index (χ0v) is 13.3. The highest BCUT2D eigenvalue weighted by Gasteiger charge is 2.10. The Kier molecular flexibility index (Phi) is 6.09. The van der Waals surface area contributed by atoms with Crippen molar-refractivity contribution in [1.29, 1.82) is 0 Å². The average molecular weight is 304 g/mol. The van der Waals surface area contributed by atoms with Gasteiger partial charge in [-0.25, -0.2) is 0 Å². The summed E-state index contributed by atoms with van der Waals surface area (Å²) in [6, 6.07) is 18.7. The van der Waals surface area contributed by atoms with Crippen LogP contribution in [0.5, 0.6) is 5.75 Å². The first-order valence-corrected chi connectivity index (χ1v) is 7.68. The van der Waals surface area contributed by atoms with Gasteiger partial charge in [0, 0.05) is 12.6 Å². The van der Waals surface area contributed by atoms with Gasteiger partial charge in [-0.2, -0.15) is 0 Å². The van der Waals surface area contributed by atoms with E-state index in [4.69, 9.17) is 16.3 Å². The second-order valence-corrected chi connectivity index (χ2v) is 5.81. The highest BCUT2D eigenvalue weighted by Crippen LogP contribution is 2.19. The van der Waals surface area contributed by atoms with Gasteiger partial charge < -0.3 is 10.1 Å². The topological polar surface area (TPSA) is 21.3 Å². The third-order valence-electron chi connectivity index (χ3n) is 3.54. The lowest BCUT2D eigenvalue weighted by atomic mass is 10.1. The van der Waals surface area contributed by atoms with Crippen LogP contribution in [0.3, 0.4) is 0 Å². The van der Waals surface area contributed by atoms with Crippen LogP contribution in [0.1, 0.15) is 24.1 Å². The molecule has 0 aromatic heterocycles. The van der Waals surface area contributed by atoms with Gasteiger partial charge in [0.15, 0.2) is 0 Å². The summed E-state index contributed by atoms with van der Waals surface area (Å²) >= 11 is 6.42. The number of benzene rings is 2. The molecule has 1 unspecified atom stereocenters. The molecule has 0 radical (unpaired) electrons. The predicted molar refractivity (Wildman–Crippen MR) is 89.2 cm³/mol. The lowest BCUT2D eigenvalue weighted by Gasteiger charge is -2.17. The number of rotatable bonds is 7. The molecule has 2 atom stereocenters. The molecule has 2 nitrogen and oxygen atoms in total. The Balaban J connectivity index is 1.84. The normalized spacial score (nSPS) is 13.7. The lowest BCUT2D eigenvalue weighted by Crippen LogP contribution is -2.27.